The van der Waals surface area contributed by atoms with Gasteiger partial charge in [-0.15, -0.1) is 0 Å². The third-order valence-electron chi connectivity index (χ3n) is 4.02. The summed E-state index contributed by atoms with van der Waals surface area (Å²) in [5.41, 5.74) is 1.41. The van der Waals surface area contributed by atoms with Gasteiger partial charge in [-0.25, -0.2) is 13.2 Å². The number of sulfonamides is 1. The first-order valence-electron chi connectivity index (χ1n) is 7.76. The molecule has 0 bridgehead atoms. The van der Waals surface area contributed by atoms with Crippen LogP contribution in [0.2, 0.25) is 0 Å². The van der Waals surface area contributed by atoms with Gasteiger partial charge in [-0.05, 0) is 37.5 Å². The number of hydrogen-bond donors (Lipinski definition) is 0. The molecule has 1 aromatic carbocycles. The minimum Gasteiger partial charge on any atom is -0.443 e. The van der Waals surface area contributed by atoms with Crippen LogP contribution < -0.4 is 0 Å². The number of amides is 1. The maximum absolute atomic E-state index is 12.9. The number of carbonyl (C=O) groups excluding carboxylic acids is 2. The van der Waals surface area contributed by atoms with E-state index >= 15 is 0 Å². The van der Waals surface area contributed by atoms with Crippen LogP contribution in [-0.2, 0) is 19.6 Å². The Morgan fingerprint density at radius 3 is 2.50 bits per heavy atom. The van der Waals surface area contributed by atoms with Crippen molar-refractivity contribution in [2.24, 2.45) is 0 Å². The zero-order valence-corrected chi connectivity index (χ0v) is 14.6. The molecule has 7 heteroatoms. The van der Waals surface area contributed by atoms with Crippen molar-refractivity contribution in [2.75, 3.05) is 0 Å². The molecule has 130 valence electrons. The molecule has 2 atom stereocenters. The zero-order chi connectivity index (χ0) is 17.9. The summed E-state index contributed by atoms with van der Waals surface area (Å²) in [7, 11) is -4.06. The first kappa shape index (κ1) is 18.2. The van der Waals surface area contributed by atoms with Crippen LogP contribution in [0, 0.1) is 6.92 Å². The van der Waals surface area contributed by atoms with Crippen molar-refractivity contribution in [3.8, 4) is 0 Å². The monoisotopic (exact) mass is 351 g/mol. The molecule has 0 aromatic heterocycles. The lowest BCUT2D eigenvalue weighted by Crippen LogP contribution is -2.42. The normalized spacial score (nSPS) is 20.8. The summed E-state index contributed by atoms with van der Waals surface area (Å²) in [6.45, 7) is 7.53. The Balaban J connectivity index is 2.43. The molecule has 2 unspecified atom stereocenters. The van der Waals surface area contributed by atoms with Crippen LogP contribution in [0.25, 0.3) is 0 Å². The third kappa shape index (κ3) is 3.36. The van der Waals surface area contributed by atoms with Crippen molar-refractivity contribution in [3.63, 3.8) is 0 Å². The highest BCUT2D eigenvalue weighted by Gasteiger charge is 2.48. The second-order valence-corrected chi connectivity index (χ2v) is 7.57. The van der Waals surface area contributed by atoms with Gasteiger partial charge in [0.1, 0.15) is 18.4 Å². The van der Waals surface area contributed by atoms with Gasteiger partial charge in [-0.3, -0.25) is 0 Å². The van der Waals surface area contributed by atoms with Crippen molar-refractivity contribution < 1.29 is 22.7 Å². The SMILES string of the molecule is C=C(CCC=O)C1C(CC)OC(=O)N1S(=O)(=O)c1ccc(C)cc1. The maximum atomic E-state index is 12.9. The van der Waals surface area contributed by atoms with Gasteiger partial charge in [-0.2, -0.15) is 4.31 Å². The highest BCUT2D eigenvalue weighted by Crippen LogP contribution is 2.33. The topological polar surface area (TPSA) is 80.8 Å². The summed E-state index contributed by atoms with van der Waals surface area (Å²) in [6, 6.07) is 5.46. The van der Waals surface area contributed by atoms with Crippen LogP contribution in [-0.4, -0.2) is 37.2 Å². The third-order valence-corrected chi connectivity index (χ3v) is 5.78. The Hall–Kier alpha value is -2.15. The highest BCUT2D eigenvalue weighted by molar-refractivity contribution is 7.89. The van der Waals surface area contributed by atoms with Crippen LogP contribution in [0.5, 0.6) is 0 Å². The summed E-state index contributed by atoms with van der Waals surface area (Å²) in [5, 5.41) is 0. The smallest absolute Gasteiger partial charge is 0.424 e. The van der Waals surface area contributed by atoms with Crippen molar-refractivity contribution in [1.29, 1.82) is 0 Å². The van der Waals surface area contributed by atoms with E-state index in [-0.39, 0.29) is 11.3 Å². The quantitative estimate of drug-likeness (QED) is 0.557. The minimum absolute atomic E-state index is 0.0231. The van der Waals surface area contributed by atoms with E-state index in [4.69, 9.17) is 4.74 Å². The molecular weight excluding hydrogens is 330 g/mol. The van der Waals surface area contributed by atoms with Crippen molar-refractivity contribution in [3.05, 3.63) is 42.0 Å². The Labute approximate surface area is 142 Å². The Kier molecular flexibility index (Phi) is 5.43. The summed E-state index contributed by atoms with van der Waals surface area (Å²) in [6.07, 6.45) is 0.218. The van der Waals surface area contributed by atoms with Gasteiger partial charge in [0.15, 0.2) is 0 Å². The van der Waals surface area contributed by atoms with E-state index in [9.17, 15) is 18.0 Å². The molecule has 1 heterocycles. The van der Waals surface area contributed by atoms with Crippen LogP contribution in [0.4, 0.5) is 4.79 Å². The van der Waals surface area contributed by atoms with Crippen molar-refractivity contribution >= 4 is 22.4 Å². The lowest BCUT2D eigenvalue weighted by atomic mass is 9.98. The largest absolute Gasteiger partial charge is 0.443 e. The number of rotatable bonds is 7. The number of aldehydes is 1. The van der Waals surface area contributed by atoms with E-state index in [1.165, 1.54) is 12.1 Å². The number of nitrogens with zero attached hydrogens (tertiary/aromatic N) is 1. The summed E-state index contributed by atoms with van der Waals surface area (Å²) in [5.74, 6) is 0. The molecule has 1 aliphatic heterocycles. The molecule has 0 radical (unpaired) electrons. The van der Waals surface area contributed by atoms with Crippen LogP contribution in [0.3, 0.4) is 0 Å². The molecule has 1 fully saturated rings. The number of aryl methyl sites for hydroxylation is 1. The van der Waals surface area contributed by atoms with Gasteiger partial charge in [0, 0.05) is 6.42 Å². The molecule has 0 N–H and O–H groups in total. The first-order chi connectivity index (χ1) is 11.3. The molecule has 2 rings (SSSR count). The van der Waals surface area contributed by atoms with E-state index in [0.717, 1.165) is 16.2 Å². The second kappa shape index (κ2) is 7.17. The van der Waals surface area contributed by atoms with Crippen molar-refractivity contribution in [1.82, 2.24) is 4.31 Å². The lowest BCUT2D eigenvalue weighted by molar-refractivity contribution is -0.107. The van der Waals surface area contributed by atoms with Gasteiger partial charge in [0.2, 0.25) is 0 Å². The lowest BCUT2D eigenvalue weighted by Gasteiger charge is -2.25. The fraction of sp³-hybridized carbons (Fsp3) is 0.412. The number of cyclic esters (lactones) is 1. The predicted molar refractivity (Wildman–Crippen MR) is 89.0 cm³/mol. The van der Waals surface area contributed by atoms with Crippen LogP contribution >= 0.6 is 0 Å². The molecule has 1 amide bonds. The summed E-state index contributed by atoms with van der Waals surface area (Å²) in [4.78, 5) is 22.9. The Morgan fingerprint density at radius 2 is 1.96 bits per heavy atom. The Morgan fingerprint density at radius 1 is 1.33 bits per heavy atom. The second-order valence-electron chi connectivity index (χ2n) is 5.75. The molecule has 6 nitrogen and oxygen atoms in total. The first-order valence-corrected chi connectivity index (χ1v) is 9.20. The van der Waals surface area contributed by atoms with Gasteiger partial charge in [0.05, 0.1) is 4.90 Å². The fourth-order valence-corrected chi connectivity index (χ4v) is 4.24. The van der Waals surface area contributed by atoms with E-state index in [1.807, 2.05) is 6.92 Å². The van der Waals surface area contributed by atoms with Crippen molar-refractivity contribution in [2.45, 2.75) is 50.2 Å². The molecule has 24 heavy (non-hydrogen) atoms. The van der Waals surface area contributed by atoms with Gasteiger partial charge < -0.3 is 9.53 Å². The zero-order valence-electron chi connectivity index (χ0n) is 13.8. The summed E-state index contributed by atoms with van der Waals surface area (Å²) >= 11 is 0. The average molecular weight is 351 g/mol. The molecule has 1 aliphatic rings. The Bertz CT molecular complexity index is 739. The van der Waals surface area contributed by atoms with E-state index in [1.54, 1.807) is 19.1 Å². The number of benzene rings is 1. The van der Waals surface area contributed by atoms with E-state index < -0.39 is 28.3 Å². The number of ether oxygens (including phenoxy) is 1. The highest BCUT2D eigenvalue weighted by atomic mass is 32.2. The molecule has 1 aromatic rings. The standard InChI is InChI=1S/C17H21NO5S/c1-4-15-16(13(3)6-5-11-19)18(17(20)23-15)24(21,22)14-9-7-12(2)8-10-14/h7-11,15-16H,3-6H2,1-2H3. The predicted octanol–water partition coefficient (Wildman–Crippen LogP) is 2.82. The van der Waals surface area contributed by atoms with Gasteiger partial charge >= 0.3 is 6.09 Å². The average Bonchev–Trinajstić information content (AvgIpc) is 2.90. The van der Waals surface area contributed by atoms with E-state index in [0.29, 0.717) is 18.4 Å². The molecule has 1 saturated heterocycles. The van der Waals surface area contributed by atoms with Gasteiger partial charge in [-0.1, -0.05) is 31.2 Å². The fourth-order valence-electron chi connectivity index (χ4n) is 2.71. The molecular formula is C17H21NO5S. The maximum Gasteiger partial charge on any atom is 0.424 e. The number of hydrogen-bond acceptors (Lipinski definition) is 5. The molecule has 0 saturated carbocycles. The molecule has 0 spiro atoms. The summed E-state index contributed by atoms with van der Waals surface area (Å²) < 4.78 is 31.8. The van der Waals surface area contributed by atoms with Crippen LogP contribution in [0.15, 0.2) is 41.3 Å². The van der Waals surface area contributed by atoms with Crippen LogP contribution in [0.1, 0.15) is 31.7 Å². The van der Waals surface area contributed by atoms with E-state index in [2.05, 4.69) is 6.58 Å². The molecule has 0 aliphatic carbocycles. The number of carbonyl (C=O) groups is 2. The van der Waals surface area contributed by atoms with Gasteiger partial charge in [0.25, 0.3) is 10.0 Å². The minimum atomic E-state index is -4.06.